The molecule has 0 amide bonds. The number of ether oxygens (including phenoxy) is 4. The van der Waals surface area contributed by atoms with E-state index >= 15 is 0 Å². The Morgan fingerprint density at radius 1 is 0.944 bits per heavy atom. The van der Waals surface area contributed by atoms with Crippen LogP contribution >= 0.6 is 0 Å². The summed E-state index contributed by atoms with van der Waals surface area (Å²) >= 11 is 0. The van der Waals surface area contributed by atoms with Gasteiger partial charge in [-0.15, -0.1) is 0 Å². The van der Waals surface area contributed by atoms with Gasteiger partial charge in [0.05, 0.1) is 33.3 Å². The number of aliphatic carboxylic acids is 1. The normalized spacial score (nSPS) is 16.7. The van der Waals surface area contributed by atoms with Crippen LogP contribution in [0.5, 0.6) is 23.0 Å². The van der Waals surface area contributed by atoms with E-state index in [-0.39, 0.29) is 6.04 Å². The first-order chi connectivity index (χ1) is 17.5. The van der Waals surface area contributed by atoms with Crippen LogP contribution in [0.1, 0.15) is 35.6 Å². The fourth-order valence-corrected chi connectivity index (χ4v) is 4.80. The number of hydrogen-bond donors (Lipinski definition) is 1. The molecule has 1 N–H and O–H groups in total. The monoisotopic (exact) mass is 491 g/mol. The van der Waals surface area contributed by atoms with Crippen molar-refractivity contribution < 1.29 is 28.8 Å². The second kappa shape index (κ2) is 11.8. The first kappa shape index (κ1) is 25.4. The zero-order chi connectivity index (χ0) is 25.5. The van der Waals surface area contributed by atoms with Crippen molar-refractivity contribution in [3.63, 3.8) is 0 Å². The lowest BCUT2D eigenvalue weighted by molar-refractivity contribution is -0.143. The van der Waals surface area contributed by atoms with Crippen LogP contribution in [-0.2, 0) is 11.4 Å². The van der Waals surface area contributed by atoms with Gasteiger partial charge >= 0.3 is 5.97 Å². The summed E-state index contributed by atoms with van der Waals surface area (Å²) in [5.41, 5.74) is 3.07. The Hall–Kier alpha value is -3.71. The zero-order valence-electron chi connectivity index (χ0n) is 21.0. The Morgan fingerprint density at radius 2 is 1.61 bits per heavy atom. The smallest absolute Gasteiger partial charge is 0.307 e. The number of carbonyl (C=O) groups is 1. The van der Waals surface area contributed by atoms with Gasteiger partial charge in [-0.1, -0.05) is 42.5 Å². The molecule has 1 aliphatic heterocycles. The van der Waals surface area contributed by atoms with Gasteiger partial charge in [-0.3, -0.25) is 9.69 Å². The SMILES string of the molecule is COc1cc(C(c2ccc(OCc3ccccc3)cc2)N2CCCC(C(=O)O)C2)cc(OC)c1OC. The minimum absolute atomic E-state index is 0.191. The predicted molar refractivity (Wildman–Crippen MR) is 137 cm³/mol. The number of piperidine rings is 1. The minimum atomic E-state index is -0.756. The highest BCUT2D eigenvalue weighted by molar-refractivity contribution is 5.70. The number of likely N-dealkylation sites (tertiary alicyclic amines) is 1. The molecule has 7 heteroatoms. The predicted octanol–water partition coefficient (Wildman–Crippen LogP) is 5.18. The number of nitrogens with zero attached hydrogens (tertiary/aromatic N) is 1. The molecule has 0 radical (unpaired) electrons. The third-order valence-electron chi connectivity index (χ3n) is 6.61. The van der Waals surface area contributed by atoms with E-state index in [1.807, 2.05) is 66.7 Å². The van der Waals surface area contributed by atoms with Gasteiger partial charge in [0.25, 0.3) is 0 Å². The first-order valence-corrected chi connectivity index (χ1v) is 12.1. The first-order valence-electron chi connectivity index (χ1n) is 12.1. The van der Waals surface area contributed by atoms with Crippen molar-refractivity contribution in [2.24, 2.45) is 5.92 Å². The van der Waals surface area contributed by atoms with Crippen LogP contribution < -0.4 is 18.9 Å². The highest BCUT2D eigenvalue weighted by atomic mass is 16.5. The van der Waals surface area contributed by atoms with Crippen LogP contribution in [0.4, 0.5) is 0 Å². The number of rotatable bonds is 10. The van der Waals surface area contributed by atoms with Gasteiger partial charge in [0, 0.05) is 6.54 Å². The molecule has 0 bridgehead atoms. The molecule has 1 heterocycles. The van der Waals surface area contributed by atoms with Crippen molar-refractivity contribution in [1.29, 1.82) is 0 Å². The summed E-state index contributed by atoms with van der Waals surface area (Å²) in [5, 5.41) is 9.70. The molecular weight excluding hydrogens is 458 g/mol. The molecule has 190 valence electrons. The average Bonchev–Trinajstić information content (AvgIpc) is 2.92. The van der Waals surface area contributed by atoms with Crippen LogP contribution in [0, 0.1) is 5.92 Å². The Balaban J connectivity index is 1.68. The van der Waals surface area contributed by atoms with Gasteiger partial charge in [0.1, 0.15) is 12.4 Å². The van der Waals surface area contributed by atoms with Gasteiger partial charge in [-0.2, -0.15) is 0 Å². The zero-order valence-corrected chi connectivity index (χ0v) is 21.0. The van der Waals surface area contributed by atoms with E-state index in [2.05, 4.69) is 4.90 Å². The quantitative estimate of drug-likeness (QED) is 0.419. The highest BCUT2D eigenvalue weighted by Crippen LogP contribution is 2.43. The molecular formula is C29H33NO6. The lowest BCUT2D eigenvalue weighted by atomic mass is 9.91. The van der Waals surface area contributed by atoms with Crippen LogP contribution in [0.25, 0.3) is 0 Å². The molecule has 1 aliphatic rings. The summed E-state index contributed by atoms with van der Waals surface area (Å²) in [6.45, 7) is 1.74. The van der Waals surface area contributed by atoms with E-state index in [9.17, 15) is 9.90 Å². The fourth-order valence-electron chi connectivity index (χ4n) is 4.80. The van der Waals surface area contributed by atoms with Gasteiger partial charge in [0.15, 0.2) is 11.5 Å². The van der Waals surface area contributed by atoms with Crippen LogP contribution in [0.3, 0.4) is 0 Å². The molecule has 1 saturated heterocycles. The van der Waals surface area contributed by atoms with Gasteiger partial charge in [-0.25, -0.2) is 0 Å². The highest BCUT2D eigenvalue weighted by Gasteiger charge is 2.32. The van der Waals surface area contributed by atoms with E-state index < -0.39 is 11.9 Å². The van der Waals surface area contributed by atoms with Crippen molar-refractivity contribution in [1.82, 2.24) is 4.90 Å². The summed E-state index contributed by atoms with van der Waals surface area (Å²) in [7, 11) is 4.76. The maximum atomic E-state index is 11.8. The van der Waals surface area contributed by atoms with Crippen molar-refractivity contribution in [2.75, 3.05) is 34.4 Å². The number of carboxylic acid groups (broad SMARTS) is 1. The molecule has 3 aromatic carbocycles. The molecule has 2 atom stereocenters. The maximum Gasteiger partial charge on any atom is 0.307 e. The molecule has 1 fully saturated rings. The van der Waals surface area contributed by atoms with Crippen LogP contribution in [-0.4, -0.2) is 50.4 Å². The van der Waals surface area contributed by atoms with Crippen molar-refractivity contribution in [3.8, 4) is 23.0 Å². The van der Waals surface area contributed by atoms with E-state index in [4.69, 9.17) is 18.9 Å². The van der Waals surface area contributed by atoms with Crippen molar-refractivity contribution in [3.05, 3.63) is 83.4 Å². The number of carboxylic acids is 1. The third-order valence-corrected chi connectivity index (χ3v) is 6.61. The van der Waals surface area contributed by atoms with Crippen molar-refractivity contribution in [2.45, 2.75) is 25.5 Å². The Labute approximate surface area is 212 Å². The second-order valence-corrected chi connectivity index (χ2v) is 8.88. The summed E-state index contributed by atoms with van der Waals surface area (Å²) < 4.78 is 22.7. The number of benzene rings is 3. The summed E-state index contributed by atoms with van der Waals surface area (Å²) in [6, 6.07) is 21.7. The lowest BCUT2D eigenvalue weighted by Gasteiger charge is -2.38. The number of hydrogen-bond acceptors (Lipinski definition) is 6. The Kier molecular flexibility index (Phi) is 8.33. The summed E-state index contributed by atoms with van der Waals surface area (Å²) in [6.07, 6.45) is 1.50. The average molecular weight is 492 g/mol. The topological polar surface area (TPSA) is 77.5 Å². The molecule has 3 aromatic rings. The standard InChI is InChI=1S/C29H33NO6/c1-33-25-16-23(17-26(34-2)28(25)35-3)27(30-15-7-10-22(18-30)29(31)32)21-11-13-24(14-12-21)36-19-20-8-5-4-6-9-20/h4-6,8-9,11-14,16-17,22,27H,7,10,15,18-19H2,1-3H3,(H,31,32). The largest absolute Gasteiger partial charge is 0.493 e. The van der Waals surface area contributed by atoms with E-state index in [0.717, 1.165) is 35.4 Å². The second-order valence-electron chi connectivity index (χ2n) is 8.88. The Morgan fingerprint density at radius 3 is 2.19 bits per heavy atom. The van der Waals surface area contributed by atoms with Crippen LogP contribution in [0.2, 0.25) is 0 Å². The van der Waals surface area contributed by atoms with Gasteiger partial charge < -0.3 is 24.1 Å². The van der Waals surface area contributed by atoms with Crippen LogP contribution in [0.15, 0.2) is 66.7 Å². The van der Waals surface area contributed by atoms with E-state index in [1.165, 1.54) is 0 Å². The molecule has 0 aliphatic carbocycles. The Bertz CT molecular complexity index is 1120. The molecule has 4 rings (SSSR count). The van der Waals surface area contributed by atoms with E-state index in [1.54, 1.807) is 21.3 Å². The molecule has 0 aromatic heterocycles. The molecule has 0 saturated carbocycles. The maximum absolute atomic E-state index is 11.8. The fraction of sp³-hybridized carbons (Fsp3) is 0.345. The van der Waals surface area contributed by atoms with Gasteiger partial charge in [-0.05, 0) is 60.3 Å². The minimum Gasteiger partial charge on any atom is -0.493 e. The molecule has 0 spiro atoms. The number of methoxy groups -OCH3 is 3. The molecule has 2 unspecified atom stereocenters. The molecule has 36 heavy (non-hydrogen) atoms. The van der Waals surface area contributed by atoms with Crippen molar-refractivity contribution >= 4 is 5.97 Å². The van der Waals surface area contributed by atoms with Gasteiger partial charge in [0.2, 0.25) is 5.75 Å². The summed E-state index contributed by atoms with van der Waals surface area (Å²) in [5.74, 6) is 1.25. The third kappa shape index (κ3) is 5.74. The molecule has 7 nitrogen and oxygen atoms in total. The van der Waals surface area contributed by atoms with E-state index in [0.29, 0.717) is 36.8 Å². The lowest BCUT2D eigenvalue weighted by Crippen LogP contribution is -2.41. The summed E-state index contributed by atoms with van der Waals surface area (Å²) in [4.78, 5) is 14.0.